The van der Waals surface area contributed by atoms with Crippen LogP contribution >= 0.6 is 11.6 Å². The molecule has 1 N–H and O–H groups in total. The Hall–Kier alpha value is -1.23. The number of hydrogen-bond acceptors (Lipinski definition) is 2. The lowest BCUT2D eigenvalue weighted by Gasteiger charge is -2.06. The van der Waals surface area contributed by atoms with Crippen molar-refractivity contribution in [1.82, 2.24) is 0 Å². The first-order valence-electron chi connectivity index (χ1n) is 6.06. The van der Waals surface area contributed by atoms with Crippen LogP contribution < -0.4 is 0 Å². The standard InChI is InChI=1S/C15H14ClFO2S/c16-14-2-1-3-15(17)13(14)10-20(19)9-12-6-4-11(8-18)5-7-12/h1-7,18H,8-10H2. The lowest BCUT2D eigenvalue weighted by molar-refractivity contribution is 0.282. The Morgan fingerprint density at radius 3 is 2.30 bits per heavy atom. The molecule has 0 aliphatic heterocycles. The van der Waals surface area contributed by atoms with Crippen molar-refractivity contribution in [3.05, 3.63) is 70.0 Å². The van der Waals surface area contributed by atoms with Gasteiger partial charge in [0.05, 0.1) is 12.4 Å². The molecule has 0 amide bonds. The number of hydrogen-bond donors (Lipinski definition) is 1. The average molecular weight is 313 g/mol. The predicted molar refractivity (Wildman–Crippen MR) is 79.3 cm³/mol. The van der Waals surface area contributed by atoms with Gasteiger partial charge in [0.25, 0.3) is 0 Å². The van der Waals surface area contributed by atoms with Crippen molar-refractivity contribution in [3.8, 4) is 0 Å². The van der Waals surface area contributed by atoms with Gasteiger partial charge in [-0.15, -0.1) is 0 Å². The fourth-order valence-electron chi connectivity index (χ4n) is 1.81. The summed E-state index contributed by atoms with van der Waals surface area (Å²) in [5.41, 5.74) is 1.98. The maximum absolute atomic E-state index is 13.6. The first-order valence-corrected chi connectivity index (χ1v) is 7.93. The van der Waals surface area contributed by atoms with Gasteiger partial charge in [-0.05, 0) is 23.3 Å². The van der Waals surface area contributed by atoms with Crippen molar-refractivity contribution in [2.24, 2.45) is 0 Å². The second-order valence-corrected chi connectivity index (χ2v) is 6.27. The van der Waals surface area contributed by atoms with Gasteiger partial charge in [0, 0.05) is 27.1 Å². The van der Waals surface area contributed by atoms with E-state index in [0.29, 0.717) is 16.3 Å². The lowest BCUT2D eigenvalue weighted by atomic mass is 10.2. The molecule has 0 aliphatic carbocycles. The van der Waals surface area contributed by atoms with Gasteiger partial charge >= 0.3 is 0 Å². The molecule has 0 heterocycles. The number of aliphatic hydroxyl groups excluding tert-OH is 1. The Morgan fingerprint density at radius 2 is 1.70 bits per heavy atom. The monoisotopic (exact) mass is 312 g/mol. The van der Waals surface area contributed by atoms with Crippen molar-refractivity contribution in [2.75, 3.05) is 0 Å². The summed E-state index contributed by atoms with van der Waals surface area (Å²) in [4.78, 5) is 0. The molecule has 5 heteroatoms. The minimum atomic E-state index is -1.24. The minimum Gasteiger partial charge on any atom is -0.392 e. The zero-order valence-corrected chi connectivity index (χ0v) is 12.3. The molecular weight excluding hydrogens is 299 g/mol. The number of aliphatic hydroxyl groups is 1. The normalized spacial score (nSPS) is 12.3. The highest BCUT2D eigenvalue weighted by Gasteiger charge is 2.11. The molecule has 0 aliphatic rings. The largest absolute Gasteiger partial charge is 0.392 e. The molecule has 0 spiro atoms. The van der Waals surface area contributed by atoms with Gasteiger partial charge in [-0.2, -0.15) is 0 Å². The summed E-state index contributed by atoms with van der Waals surface area (Å²) in [5, 5.41) is 9.25. The summed E-state index contributed by atoms with van der Waals surface area (Å²) in [7, 11) is -1.24. The van der Waals surface area contributed by atoms with Gasteiger partial charge in [-0.25, -0.2) is 4.39 Å². The van der Waals surface area contributed by atoms with Crippen LogP contribution in [-0.4, -0.2) is 9.32 Å². The fourth-order valence-corrected chi connectivity index (χ4v) is 3.40. The Labute approximate surface area is 124 Å². The van der Waals surface area contributed by atoms with E-state index in [1.807, 2.05) is 12.1 Å². The molecule has 20 heavy (non-hydrogen) atoms. The van der Waals surface area contributed by atoms with E-state index >= 15 is 0 Å². The Kier molecular flexibility index (Phi) is 5.29. The highest BCUT2D eigenvalue weighted by molar-refractivity contribution is 7.83. The Balaban J connectivity index is 2.05. The van der Waals surface area contributed by atoms with E-state index in [0.717, 1.165) is 11.1 Å². The molecule has 2 aromatic rings. The molecule has 0 saturated carbocycles. The van der Waals surface area contributed by atoms with E-state index in [2.05, 4.69) is 0 Å². The Morgan fingerprint density at radius 1 is 1.05 bits per heavy atom. The molecule has 2 rings (SSSR count). The van der Waals surface area contributed by atoms with Crippen LogP contribution in [0, 0.1) is 5.82 Å². The molecule has 106 valence electrons. The van der Waals surface area contributed by atoms with Crippen LogP contribution in [0.3, 0.4) is 0 Å². The molecule has 2 nitrogen and oxygen atoms in total. The predicted octanol–water partition coefficient (Wildman–Crippen LogP) is 3.42. The first-order chi connectivity index (χ1) is 9.60. The third-order valence-corrected chi connectivity index (χ3v) is 4.52. The van der Waals surface area contributed by atoms with Crippen LogP contribution in [0.15, 0.2) is 42.5 Å². The fraction of sp³-hybridized carbons (Fsp3) is 0.200. The van der Waals surface area contributed by atoms with E-state index in [9.17, 15) is 8.60 Å². The second kappa shape index (κ2) is 6.97. The maximum atomic E-state index is 13.6. The number of rotatable bonds is 5. The minimum absolute atomic E-state index is 0.0196. The van der Waals surface area contributed by atoms with E-state index in [1.165, 1.54) is 12.1 Å². The summed E-state index contributed by atoms with van der Waals surface area (Å²) < 4.78 is 25.7. The van der Waals surface area contributed by atoms with Gasteiger partial charge in [-0.3, -0.25) is 4.21 Å². The van der Waals surface area contributed by atoms with Crippen molar-refractivity contribution in [1.29, 1.82) is 0 Å². The number of halogens is 2. The Bertz CT molecular complexity index is 594. The van der Waals surface area contributed by atoms with Crippen molar-refractivity contribution >= 4 is 22.4 Å². The molecule has 0 radical (unpaired) electrons. The van der Waals surface area contributed by atoms with Gasteiger partial charge in [0.1, 0.15) is 5.82 Å². The van der Waals surface area contributed by atoms with Crippen molar-refractivity contribution < 1.29 is 13.7 Å². The lowest BCUT2D eigenvalue weighted by Crippen LogP contribution is -2.02. The SMILES string of the molecule is O=S(Cc1ccc(CO)cc1)Cc1c(F)cccc1Cl. The van der Waals surface area contributed by atoms with Crippen LogP contribution in [0.5, 0.6) is 0 Å². The third-order valence-electron chi connectivity index (χ3n) is 2.90. The van der Waals surface area contributed by atoms with E-state index in [1.54, 1.807) is 18.2 Å². The molecule has 2 aromatic carbocycles. The van der Waals surface area contributed by atoms with Crippen LogP contribution in [-0.2, 0) is 28.9 Å². The maximum Gasteiger partial charge on any atom is 0.128 e. The molecule has 0 fully saturated rings. The first kappa shape index (κ1) is 15.2. The van der Waals surface area contributed by atoms with E-state index in [-0.39, 0.29) is 12.4 Å². The summed E-state index contributed by atoms with van der Waals surface area (Å²) in [6, 6.07) is 11.6. The highest BCUT2D eigenvalue weighted by Crippen LogP contribution is 2.21. The van der Waals surface area contributed by atoms with Crippen LogP contribution in [0.25, 0.3) is 0 Å². The van der Waals surface area contributed by atoms with Gasteiger partial charge in [0.2, 0.25) is 0 Å². The smallest absolute Gasteiger partial charge is 0.128 e. The molecule has 0 bridgehead atoms. The molecule has 0 saturated heterocycles. The highest BCUT2D eigenvalue weighted by atomic mass is 35.5. The van der Waals surface area contributed by atoms with Gasteiger partial charge in [0.15, 0.2) is 0 Å². The second-order valence-electron chi connectivity index (χ2n) is 4.40. The number of benzene rings is 2. The average Bonchev–Trinajstić information content (AvgIpc) is 2.44. The van der Waals surface area contributed by atoms with Gasteiger partial charge in [-0.1, -0.05) is 41.9 Å². The van der Waals surface area contributed by atoms with E-state index in [4.69, 9.17) is 16.7 Å². The summed E-state index contributed by atoms with van der Waals surface area (Å²) >= 11 is 5.91. The topological polar surface area (TPSA) is 37.3 Å². The molecule has 1 unspecified atom stereocenters. The van der Waals surface area contributed by atoms with Crippen LogP contribution in [0.4, 0.5) is 4.39 Å². The van der Waals surface area contributed by atoms with Crippen LogP contribution in [0.1, 0.15) is 16.7 Å². The zero-order chi connectivity index (χ0) is 14.5. The van der Waals surface area contributed by atoms with Crippen molar-refractivity contribution in [3.63, 3.8) is 0 Å². The zero-order valence-electron chi connectivity index (χ0n) is 10.7. The quantitative estimate of drug-likeness (QED) is 0.918. The molecular formula is C15H14ClFO2S. The summed E-state index contributed by atoms with van der Waals surface area (Å²) in [6.07, 6.45) is 0. The summed E-state index contributed by atoms with van der Waals surface area (Å²) in [5.74, 6) is -0.00892. The molecule has 0 aromatic heterocycles. The van der Waals surface area contributed by atoms with E-state index < -0.39 is 16.6 Å². The summed E-state index contributed by atoms with van der Waals surface area (Å²) in [6.45, 7) is -0.0196. The molecule has 1 atom stereocenters. The van der Waals surface area contributed by atoms with Crippen molar-refractivity contribution in [2.45, 2.75) is 18.1 Å². The van der Waals surface area contributed by atoms with Gasteiger partial charge < -0.3 is 5.11 Å². The van der Waals surface area contributed by atoms with Crippen LogP contribution in [0.2, 0.25) is 5.02 Å². The third kappa shape index (κ3) is 3.88.